The van der Waals surface area contributed by atoms with E-state index in [-0.39, 0.29) is 48.2 Å². The Labute approximate surface area is 235 Å². The molecule has 2 aliphatic rings. The molecule has 41 heavy (non-hydrogen) atoms. The van der Waals surface area contributed by atoms with Gasteiger partial charge in [-0.1, -0.05) is 42.5 Å². The zero-order chi connectivity index (χ0) is 28.7. The smallest absolute Gasteiger partial charge is 0.356 e. The lowest BCUT2D eigenvalue weighted by molar-refractivity contribution is -0.118. The molecule has 6 rings (SSSR count). The zero-order valence-corrected chi connectivity index (χ0v) is 22.6. The number of aromatic amines is 1. The number of methoxy groups -OCH3 is 2. The maximum atomic E-state index is 13.6. The molecule has 1 aromatic heterocycles. The molecular formula is C31H28N4O6. The number of nitrogens with zero attached hydrogens (tertiary/aromatic N) is 2. The number of carbonyl (C=O) groups excluding carboxylic acids is 4. The molecule has 208 valence electrons. The third-order valence-corrected chi connectivity index (χ3v) is 7.74. The Morgan fingerprint density at radius 3 is 2.29 bits per heavy atom. The fraction of sp³-hybridized carbons (Fsp3) is 0.226. The second kappa shape index (κ2) is 10.5. The van der Waals surface area contributed by atoms with Gasteiger partial charge in [0.05, 0.1) is 48.5 Å². The van der Waals surface area contributed by atoms with Crippen molar-refractivity contribution in [1.29, 1.82) is 0 Å². The van der Waals surface area contributed by atoms with Crippen LogP contribution in [0, 0.1) is 0 Å². The second-order valence-corrected chi connectivity index (χ2v) is 10.1. The van der Waals surface area contributed by atoms with Gasteiger partial charge in [-0.3, -0.25) is 24.2 Å². The van der Waals surface area contributed by atoms with E-state index in [2.05, 4.69) is 10.3 Å². The number of H-pyrrole nitrogens is 1. The zero-order valence-electron chi connectivity index (χ0n) is 22.6. The Kier molecular flexibility index (Phi) is 6.76. The summed E-state index contributed by atoms with van der Waals surface area (Å²) in [6, 6.07) is 19.7. The van der Waals surface area contributed by atoms with Crippen LogP contribution in [0.5, 0.6) is 5.75 Å². The van der Waals surface area contributed by atoms with Crippen LogP contribution in [0.25, 0.3) is 10.9 Å². The molecule has 3 amide bonds. The number of esters is 1. The van der Waals surface area contributed by atoms with E-state index in [4.69, 9.17) is 9.47 Å². The van der Waals surface area contributed by atoms with Crippen LogP contribution < -0.4 is 10.1 Å². The third kappa shape index (κ3) is 4.62. The van der Waals surface area contributed by atoms with Crippen LogP contribution in [-0.4, -0.2) is 71.8 Å². The molecule has 4 aromatic rings. The monoisotopic (exact) mass is 552 g/mol. The van der Waals surface area contributed by atoms with Crippen molar-refractivity contribution < 1.29 is 28.7 Å². The van der Waals surface area contributed by atoms with Crippen molar-refractivity contribution >= 4 is 40.3 Å². The molecule has 3 aromatic carbocycles. The maximum Gasteiger partial charge on any atom is 0.356 e. The minimum absolute atomic E-state index is 0.0371. The van der Waals surface area contributed by atoms with Gasteiger partial charge in [-0.2, -0.15) is 0 Å². The van der Waals surface area contributed by atoms with Crippen LogP contribution in [0.3, 0.4) is 0 Å². The van der Waals surface area contributed by atoms with Crippen LogP contribution >= 0.6 is 0 Å². The number of carbonyl (C=O) groups is 4. The van der Waals surface area contributed by atoms with Gasteiger partial charge in [0.25, 0.3) is 11.8 Å². The highest BCUT2D eigenvalue weighted by Gasteiger charge is 2.39. The number of hydrogen-bond acceptors (Lipinski definition) is 7. The first-order chi connectivity index (χ1) is 19.9. The number of rotatable bonds is 7. The Balaban J connectivity index is 1.29. The van der Waals surface area contributed by atoms with Gasteiger partial charge in [-0.25, -0.2) is 4.79 Å². The predicted octanol–water partition coefficient (Wildman–Crippen LogP) is 3.62. The van der Waals surface area contributed by atoms with E-state index in [1.807, 2.05) is 29.2 Å². The summed E-state index contributed by atoms with van der Waals surface area (Å²) in [7, 11) is 2.78. The van der Waals surface area contributed by atoms with E-state index >= 15 is 0 Å². The van der Waals surface area contributed by atoms with E-state index in [9.17, 15) is 19.2 Å². The average Bonchev–Trinajstić information content (AvgIpc) is 3.47. The lowest BCUT2D eigenvalue weighted by Crippen LogP contribution is -2.51. The quantitative estimate of drug-likeness (QED) is 0.265. The number of fused-ring (bicyclic) bond motifs is 3. The molecule has 2 aliphatic heterocycles. The number of hydrogen-bond donors (Lipinski definition) is 2. The molecule has 3 heterocycles. The molecular weight excluding hydrogens is 524 g/mol. The first kappa shape index (κ1) is 26.3. The summed E-state index contributed by atoms with van der Waals surface area (Å²) in [6.07, 6.45) is 0.561. The number of nitrogens with one attached hydrogen (secondary N) is 2. The Hall–Kier alpha value is -4.96. The van der Waals surface area contributed by atoms with Crippen LogP contribution in [0.1, 0.15) is 42.3 Å². The number of benzene rings is 3. The van der Waals surface area contributed by atoms with Gasteiger partial charge in [-0.15, -0.1) is 0 Å². The first-order valence-corrected chi connectivity index (χ1v) is 13.2. The fourth-order valence-electron chi connectivity index (χ4n) is 5.75. The largest absolute Gasteiger partial charge is 0.496 e. The lowest BCUT2D eigenvalue weighted by Gasteiger charge is -2.38. The normalized spacial score (nSPS) is 16.4. The predicted molar refractivity (Wildman–Crippen MR) is 151 cm³/mol. The number of imide groups is 1. The van der Waals surface area contributed by atoms with Crippen LogP contribution in [0.2, 0.25) is 0 Å². The van der Waals surface area contributed by atoms with Gasteiger partial charge in [0.15, 0.2) is 0 Å². The topological polar surface area (TPSA) is 121 Å². The van der Waals surface area contributed by atoms with Gasteiger partial charge in [-0.05, 0) is 41.8 Å². The molecule has 0 aliphatic carbocycles. The Morgan fingerprint density at radius 2 is 1.61 bits per heavy atom. The van der Waals surface area contributed by atoms with Crippen molar-refractivity contribution in [2.75, 3.05) is 32.6 Å². The standard InChI is InChI=1S/C31H28N4O6/c1-40-24-13-7-12-23-26(24)27(28(32-23)31(39)41-2)33-25(36)17-34-15-19-9-4-3-8-18(19)14-20(34)16-35-29(37)21-10-5-6-11-22(21)30(35)38/h3-13,20,32H,14-17H2,1-2H3,(H,33,36)/t20-/m1/s1. The van der Waals surface area contributed by atoms with Crippen molar-refractivity contribution in [2.24, 2.45) is 0 Å². The summed E-state index contributed by atoms with van der Waals surface area (Å²) in [5, 5.41) is 3.45. The number of ether oxygens (including phenoxy) is 2. The summed E-state index contributed by atoms with van der Waals surface area (Å²) in [4.78, 5) is 58.7. The highest BCUT2D eigenvalue weighted by molar-refractivity contribution is 6.21. The molecule has 0 radical (unpaired) electrons. The van der Waals surface area contributed by atoms with E-state index < -0.39 is 5.97 Å². The summed E-state index contributed by atoms with van der Waals surface area (Å²) >= 11 is 0. The van der Waals surface area contributed by atoms with Crippen molar-refractivity contribution in [3.63, 3.8) is 0 Å². The van der Waals surface area contributed by atoms with E-state index in [1.54, 1.807) is 42.5 Å². The summed E-state index contributed by atoms with van der Waals surface area (Å²) in [5.74, 6) is -1.17. The van der Waals surface area contributed by atoms with Gasteiger partial charge in [0.2, 0.25) is 5.91 Å². The summed E-state index contributed by atoms with van der Waals surface area (Å²) in [5.41, 5.74) is 3.94. The molecule has 10 heteroatoms. The average molecular weight is 553 g/mol. The molecule has 2 N–H and O–H groups in total. The van der Waals surface area contributed by atoms with Crippen LogP contribution in [-0.2, 0) is 22.5 Å². The van der Waals surface area contributed by atoms with Crippen molar-refractivity contribution in [3.05, 3.63) is 94.7 Å². The lowest BCUT2D eigenvalue weighted by atomic mass is 9.93. The molecule has 0 spiro atoms. The van der Waals surface area contributed by atoms with Crippen LogP contribution in [0.4, 0.5) is 5.69 Å². The molecule has 1 atom stereocenters. The van der Waals surface area contributed by atoms with Gasteiger partial charge in [0, 0.05) is 19.1 Å². The Bertz CT molecular complexity index is 1680. The molecule has 0 saturated carbocycles. The molecule has 0 saturated heterocycles. The number of aromatic nitrogens is 1. The maximum absolute atomic E-state index is 13.6. The van der Waals surface area contributed by atoms with Crippen molar-refractivity contribution in [1.82, 2.24) is 14.8 Å². The van der Waals surface area contributed by atoms with Gasteiger partial charge < -0.3 is 19.8 Å². The van der Waals surface area contributed by atoms with E-state index in [0.717, 1.165) is 11.1 Å². The highest BCUT2D eigenvalue weighted by Crippen LogP contribution is 2.36. The van der Waals surface area contributed by atoms with Gasteiger partial charge >= 0.3 is 5.97 Å². The summed E-state index contributed by atoms with van der Waals surface area (Å²) in [6.45, 7) is 0.561. The minimum atomic E-state index is -0.631. The minimum Gasteiger partial charge on any atom is -0.496 e. The SMILES string of the molecule is COC(=O)c1[nH]c2cccc(OC)c2c1NC(=O)CN1Cc2ccccc2C[C@@H]1CN1C(=O)c2ccccc2C1=O. The van der Waals surface area contributed by atoms with Gasteiger partial charge in [0.1, 0.15) is 11.4 Å². The molecule has 0 fully saturated rings. The third-order valence-electron chi connectivity index (χ3n) is 7.74. The van der Waals surface area contributed by atoms with E-state index in [1.165, 1.54) is 19.1 Å². The summed E-state index contributed by atoms with van der Waals surface area (Å²) < 4.78 is 10.4. The second-order valence-electron chi connectivity index (χ2n) is 10.1. The molecule has 0 bridgehead atoms. The fourth-order valence-corrected chi connectivity index (χ4v) is 5.75. The molecule has 0 unspecified atom stereocenters. The Morgan fingerprint density at radius 1 is 0.927 bits per heavy atom. The number of amides is 3. The van der Waals surface area contributed by atoms with Crippen molar-refractivity contribution in [3.8, 4) is 5.75 Å². The highest BCUT2D eigenvalue weighted by atomic mass is 16.5. The first-order valence-electron chi connectivity index (χ1n) is 13.2. The van der Waals surface area contributed by atoms with E-state index in [0.29, 0.717) is 40.7 Å². The van der Waals surface area contributed by atoms with Crippen LogP contribution in [0.15, 0.2) is 66.7 Å². The number of anilines is 1. The van der Waals surface area contributed by atoms with Crippen molar-refractivity contribution in [2.45, 2.75) is 19.0 Å². The molecule has 10 nitrogen and oxygen atoms in total.